The molecule has 0 aromatic heterocycles. The summed E-state index contributed by atoms with van der Waals surface area (Å²) >= 11 is 19.6. The van der Waals surface area contributed by atoms with Gasteiger partial charge in [-0.1, -0.05) is 46.4 Å². The number of hydrogen-bond donors (Lipinski definition) is 0. The minimum absolute atomic E-state index is 0.201. The molecule has 0 spiro atoms. The third kappa shape index (κ3) is 3.74. The summed E-state index contributed by atoms with van der Waals surface area (Å²) in [6.07, 6.45) is -4.72. The van der Waals surface area contributed by atoms with Crippen molar-refractivity contribution in [2.75, 3.05) is 0 Å². The second-order valence-corrected chi connectivity index (χ2v) is 4.02. The molecule has 0 amide bonds. The van der Waals surface area contributed by atoms with E-state index in [4.69, 9.17) is 46.4 Å². The SMILES string of the molecule is FC(F)(F)C(=CCl)C(Cl)(Cl)Cl. The van der Waals surface area contributed by atoms with Crippen LogP contribution in [-0.4, -0.2) is 9.97 Å². The molecule has 0 aliphatic rings. The lowest BCUT2D eigenvalue weighted by Gasteiger charge is -2.17. The van der Waals surface area contributed by atoms with Crippen molar-refractivity contribution in [2.24, 2.45) is 0 Å². The average Bonchev–Trinajstić information content (AvgIpc) is 1.56. The Labute approximate surface area is 80.9 Å². The maximum Gasteiger partial charge on any atom is 0.417 e. The first kappa shape index (κ1) is 11.7. The van der Waals surface area contributed by atoms with E-state index >= 15 is 0 Å². The van der Waals surface area contributed by atoms with Crippen LogP contribution >= 0.6 is 46.4 Å². The van der Waals surface area contributed by atoms with Crippen molar-refractivity contribution in [2.45, 2.75) is 9.97 Å². The zero-order valence-electron chi connectivity index (χ0n) is 4.72. The van der Waals surface area contributed by atoms with Crippen molar-refractivity contribution in [3.8, 4) is 0 Å². The van der Waals surface area contributed by atoms with Crippen molar-refractivity contribution >= 4 is 46.4 Å². The number of hydrogen-bond acceptors (Lipinski definition) is 0. The standard InChI is InChI=1S/C4HCl4F3/c5-1-2(3(6,7)8)4(9,10)11/h1H. The van der Waals surface area contributed by atoms with Crippen molar-refractivity contribution in [3.05, 3.63) is 11.1 Å². The maximum absolute atomic E-state index is 11.8. The van der Waals surface area contributed by atoms with Gasteiger partial charge in [0.25, 0.3) is 0 Å². The van der Waals surface area contributed by atoms with Gasteiger partial charge in [0.15, 0.2) is 0 Å². The van der Waals surface area contributed by atoms with Gasteiger partial charge in [0, 0.05) is 5.54 Å². The summed E-state index contributed by atoms with van der Waals surface area (Å²) in [4.78, 5) is 0. The van der Waals surface area contributed by atoms with Crippen LogP contribution in [0.3, 0.4) is 0 Å². The summed E-state index contributed by atoms with van der Waals surface area (Å²) in [6, 6.07) is 0. The van der Waals surface area contributed by atoms with Crippen LogP contribution in [0.15, 0.2) is 11.1 Å². The molecule has 0 aromatic carbocycles. The van der Waals surface area contributed by atoms with E-state index in [0.29, 0.717) is 0 Å². The number of halogens is 7. The molecule has 11 heavy (non-hydrogen) atoms. The van der Waals surface area contributed by atoms with Gasteiger partial charge in [0.2, 0.25) is 3.79 Å². The van der Waals surface area contributed by atoms with Crippen molar-refractivity contribution in [3.63, 3.8) is 0 Å². The highest BCUT2D eigenvalue weighted by Gasteiger charge is 2.45. The van der Waals surface area contributed by atoms with Gasteiger partial charge in [-0.2, -0.15) is 13.2 Å². The lowest BCUT2D eigenvalue weighted by molar-refractivity contribution is -0.0925. The molecule has 66 valence electrons. The van der Waals surface area contributed by atoms with E-state index in [1.165, 1.54) is 0 Å². The lowest BCUT2D eigenvalue weighted by atomic mass is 10.3. The van der Waals surface area contributed by atoms with Crippen LogP contribution in [0.25, 0.3) is 0 Å². The smallest absolute Gasteiger partial charge is 0.166 e. The molecule has 0 rings (SSSR count). The second-order valence-electron chi connectivity index (χ2n) is 1.52. The van der Waals surface area contributed by atoms with E-state index in [9.17, 15) is 13.2 Å². The molecule has 7 heteroatoms. The zero-order valence-corrected chi connectivity index (χ0v) is 7.75. The Balaban J connectivity index is 4.74. The largest absolute Gasteiger partial charge is 0.417 e. The molecular formula is C4HCl4F3. The fourth-order valence-corrected chi connectivity index (χ4v) is 1.22. The highest BCUT2D eigenvalue weighted by Crippen LogP contribution is 2.43. The van der Waals surface area contributed by atoms with Crippen LogP contribution in [0.4, 0.5) is 13.2 Å². The van der Waals surface area contributed by atoms with Crippen LogP contribution in [0, 0.1) is 0 Å². The molecule has 0 N–H and O–H groups in total. The Morgan fingerprint density at radius 3 is 1.45 bits per heavy atom. The minimum Gasteiger partial charge on any atom is -0.166 e. The Hall–Kier alpha value is 0.690. The second kappa shape index (κ2) is 3.60. The molecule has 0 nitrogen and oxygen atoms in total. The summed E-state index contributed by atoms with van der Waals surface area (Å²) in [7, 11) is 0. The first-order valence-corrected chi connectivity index (χ1v) is 3.71. The van der Waals surface area contributed by atoms with E-state index in [1.807, 2.05) is 0 Å². The van der Waals surface area contributed by atoms with E-state index in [-0.39, 0.29) is 5.54 Å². The van der Waals surface area contributed by atoms with E-state index in [2.05, 4.69) is 0 Å². The van der Waals surface area contributed by atoms with Crippen LogP contribution in [0.2, 0.25) is 0 Å². The third-order valence-electron chi connectivity index (χ3n) is 0.720. The predicted octanol–water partition coefficient (Wildman–Crippen LogP) is 4.04. The first-order valence-electron chi connectivity index (χ1n) is 2.14. The minimum atomic E-state index is -4.72. The first-order chi connectivity index (χ1) is 4.69. The Morgan fingerprint density at radius 1 is 1.09 bits per heavy atom. The quantitative estimate of drug-likeness (QED) is 0.567. The Bertz CT molecular complexity index is 149. The van der Waals surface area contributed by atoms with Gasteiger partial charge in [0.1, 0.15) is 0 Å². The van der Waals surface area contributed by atoms with Crippen molar-refractivity contribution in [1.82, 2.24) is 0 Å². The molecule has 0 aromatic rings. The summed E-state index contributed by atoms with van der Waals surface area (Å²) in [5.41, 5.74) is -1.20. The maximum atomic E-state index is 11.8. The summed E-state index contributed by atoms with van der Waals surface area (Å²) in [5, 5.41) is 0. The lowest BCUT2D eigenvalue weighted by Crippen LogP contribution is -2.22. The average molecular weight is 248 g/mol. The molecule has 0 heterocycles. The fourth-order valence-electron chi connectivity index (χ4n) is 0.284. The van der Waals surface area contributed by atoms with E-state index in [1.54, 1.807) is 0 Å². The monoisotopic (exact) mass is 246 g/mol. The van der Waals surface area contributed by atoms with Gasteiger partial charge >= 0.3 is 6.18 Å². The molecule has 0 aliphatic carbocycles. The molecule has 0 radical (unpaired) electrons. The zero-order chi connectivity index (χ0) is 9.28. The molecule has 0 aliphatic heterocycles. The molecule has 0 saturated heterocycles. The van der Waals surface area contributed by atoms with Crippen LogP contribution in [0.5, 0.6) is 0 Å². The Morgan fingerprint density at radius 2 is 1.45 bits per heavy atom. The Kier molecular flexibility index (Phi) is 3.83. The molecule has 0 atom stereocenters. The predicted molar refractivity (Wildman–Crippen MR) is 40.3 cm³/mol. The van der Waals surface area contributed by atoms with Crippen LogP contribution in [0.1, 0.15) is 0 Å². The van der Waals surface area contributed by atoms with Gasteiger partial charge in [-0.05, 0) is 0 Å². The van der Waals surface area contributed by atoms with Gasteiger partial charge in [0.05, 0.1) is 5.57 Å². The third-order valence-corrected chi connectivity index (χ3v) is 1.55. The molecular weight excluding hydrogens is 247 g/mol. The van der Waals surface area contributed by atoms with E-state index in [0.717, 1.165) is 0 Å². The van der Waals surface area contributed by atoms with E-state index < -0.39 is 15.5 Å². The summed E-state index contributed by atoms with van der Waals surface area (Å²) in [6.45, 7) is 0. The van der Waals surface area contributed by atoms with Crippen LogP contribution in [-0.2, 0) is 0 Å². The molecule has 0 bridgehead atoms. The van der Waals surface area contributed by atoms with Gasteiger partial charge < -0.3 is 0 Å². The van der Waals surface area contributed by atoms with Crippen LogP contribution < -0.4 is 0 Å². The topological polar surface area (TPSA) is 0 Å². The number of allylic oxidation sites excluding steroid dienone is 1. The highest BCUT2D eigenvalue weighted by atomic mass is 35.6. The molecule has 0 unspecified atom stereocenters. The highest BCUT2D eigenvalue weighted by molar-refractivity contribution is 6.69. The normalized spacial score (nSPS) is 15.4. The van der Waals surface area contributed by atoms with Gasteiger partial charge in [-0.3, -0.25) is 0 Å². The molecule has 0 fully saturated rings. The summed E-state index contributed by atoms with van der Waals surface area (Å²) < 4.78 is 32.9. The molecule has 0 saturated carbocycles. The van der Waals surface area contributed by atoms with Gasteiger partial charge in [-0.15, -0.1) is 0 Å². The summed E-state index contributed by atoms with van der Waals surface area (Å²) in [5.74, 6) is 0. The van der Waals surface area contributed by atoms with Crippen molar-refractivity contribution < 1.29 is 13.2 Å². The number of alkyl halides is 6. The number of rotatable bonds is 0. The fraction of sp³-hybridized carbons (Fsp3) is 0.500. The van der Waals surface area contributed by atoms with Crippen molar-refractivity contribution in [1.29, 1.82) is 0 Å². The van der Waals surface area contributed by atoms with Gasteiger partial charge in [-0.25, -0.2) is 0 Å².